The lowest BCUT2D eigenvalue weighted by Crippen LogP contribution is -2.51. The number of fused-ring (bicyclic) bond motifs is 1. The number of halogens is 3. The minimum absolute atomic E-state index is 0.00191. The average Bonchev–Trinajstić information content (AvgIpc) is 3.19. The number of carbonyl (C=O) groups is 1. The van der Waals surface area contributed by atoms with Crippen molar-refractivity contribution < 1.29 is 22.7 Å². The SMILES string of the molecule is CC(C)[C@]1(C(=O)N2CCn3c(cc(C(F)(F)F)cc3=O)C2)CC[C@@H](N[C@H]2CCOC[C@H]2C)C1. The van der Waals surface area contributed by atoms with Crippen LogP contribution in [0.1, 0.15) is 57.7 Å². The van der Waals surface area contributed by atoms with Crippen molar-refractivity contribution in [3.8, 4) is 0 Å². The summed E-state index contributed by atoms with van der Waals surface area (Å²) in [4.78, 5) is 27.7. The van der Waals surface area contributed by atoms with Gasteiger partial charge in [0.15, 0.2) is 0 Å². The standard InChI is InChI=1S/C24H34F3N3O3/c1-15(2)23(6-4-18(12-23)28-20-5-9-33-14-16(20)3)22(32)29-7-8-30-19(13-29)10-17(11-21(30)31)24(25,26)27/h10-11,15-16,18,20,28H,4-9,12-14H2,1-3H3/t16-,18-,20+,23+/m1/s1. The third kappa shape index (κ3) is 4.71. The molecule has 0 unspecified atom stereocenters. The Hall–Kier alpha value is -1.87. The Balaban J connectivity index is 1.51. The number of carbonyl (C=O) groups excluding carboxylic acids is 1. The second kappa shape index (κ2) is 9.06. The van der Waals surface area contributed by atoms with Crippen molar-refractivity contribution in [1.82, 2.24) is 14.8 Å². The number of ether oxygens (including phenoxy) is 1. The highest BCUT2D eigenvalue weighted by Gasteiger charge is 2.50. The fraction of sp³-hybridized carbons (Fsp3) is 0.750. The van der Waals surface area contributed by atoms with E-state index in [0.717, 1.165) is 45.0 Å². The second-order valence-electron chi connectivity index (χ2n) is 10.3. The Kier molecular flexibility index (Phi) is 6.66. The number of amides is 1. The molecule has 3 aliphatic rings. The zero-order valence-electron chi connectivity index (χ0n) is 19.6. The number of nitrogens with zero attached hydrogens (tertiary/aromatic N) is 2. The molecule has 0 aromatic carbocycles. The molecule has 0 spiro atoms. The van der Waals surface area contributed by atoms with Gasteiger partial charge in [-0.3, -0.25) is 9.59 Å². The molecular formula is C24H34F3N3O3. The van der Waals surface area contributed by atoms with E-state index in [1.165, 1.54) is 4.57 Å². The summed E-state index contributed by atoms with van der Waals surface area (Å²) in [5.41, 5.74) is -1.92. The quantitative estimate of drug-likeness (QED) is 0.734. The third-order valence-corrected chi connectivity index (χ3v) is 7.95. The van der Waals surface area contributed by atoms with Crippen molar-refractivity contribution in [3.63, 3.8) is 0 Å². The van der Waals surface area contributed by atoms with Gasteiger partial charge in [-0.15, -0.1) is 0 Å². The number of aromatic nitrogens is 1. The molecule has 6 nitrogen and oxygen atoms in total. The third-order valence-electron chi connectivity index (χ3n) is 7.95. The van der Waals surface area contributed by atoms with Gasteiger partial charge >= 0.3 is 6.18 Å². The number of hydrogen-bond acceptors (Lipinski definition) is 4. The summed E-state index contributed by atoms with van der Waals surface area (Å²) >= 11 is 0. The summed E-state index contributed by atoms with van der Waals surface area (Å²) in [7, 11) is 0. The van der Waals surface area contributed by atoms with Crippen molar-refractivity contribution >= 4 is 5.91 Å². The highest BCUT2D eigenvalue weighted by molar-refractivity contribution is 5.83. The maximum atomic E-state index is 13.8. The molecule has 1 saturated heterocycles. The van der Waals surface area contributed by atoms with Crippen molar-refractivity contribution in [3.05, 3.63) is 33.7 Å². The largest absolute Gasteiger partial charge is 0.416 e. The van der Waals surface area contributed by atoms with E-state index in [-0.39, 0.29) is 36.7 Å². The molecule has 2 fully saturated rings. The Labute approximate surface area is 192 Å². The molecule has 1 saturated carbocycles. The predicted molar refractivity (Wildman–Crippen MR) is 118 cm³/mol. The molecule has 3 heterocycles. The molecule has 1 amide bonds. The molecule has 1 N–H and O–H groups in total. The molecule has 4 atom stereocenters. The smallest absolute Gasteiger partial charge is 0.381 e. The van der Waals surface area contributed by atoms with E-state index in [1.807, 2.05) is 0 Å². The minimum Gasteiger partial charge on any atom is -0.381 e. The molecule has 33 heavy (non-hydrogen) atoms. The van der Waals surface area contributed by atoms with E-state index in [1.54, 1.807) is 4.90 Å². The number of nitrogens with one attached hydrogen (secondary N) is 1. The van der Waals surface area contributed by atoms with E-state index < -0.39 is 22.7 Å². The first-order chi connectivity index (χ1) is 15.5. The van der Waals surface area contributed by atoms with E-state index in [9.17, 15) is 22.8 Å². The molecule has 0 radical (unpaired) electrons. The molecular weight excluding hydrogens is 435 g/mol. The highest BCUT2D eigenvalue weighted by atomic mass is 19.4. The van der Waals surface area contributed by atoms with Gasteiger partial charge in [-0.25, -0.2) is 0 Å². The molecule has 1 aromatic rings. The van der Waals surface area contributed by atoms with Crippen LogP contribution in [0.2, 0.25) is 0 Å². The zero-order valence-corrected chi connectivity index (χ0v) is 19.6. The van der Waals surface area contributed by atoms with Crippen LogP contribution in [0.4, 0.5) is 13.2 Å². The van der Waals surface area contributed by atoms with Crippen LogP contribution in [-0.4, -0.2) is 47.2 Å². The van der Waals surface area contributed by atoms with Gasteiger partial charge in [0, 0.05) is 43.5 Å². The molecule has 0 bridgehead atoms. The van der Waals surface area contributed by atoms with Crippen molar-refractivity contribution in [1.29, 1.82) is 0 Å². The number of rotatable bonds is 4. The zero-order chi connectivity index (χ0) is 24.0. The Morgan fingerprint density at radius 3 is 2.67 bits per heavy atom. The average molecular weight is 470 g/mol. The fourth-order valence-corrected chi connectivity index (χ4v) is 5.80. The highest BCUT2D eigenvalue weighted by Crippen LogP contribution is 2.46. The summed E-state index contributed by atoms with van der Waals surface area (Å²) in [6.45, 7) is 8.36. The van der Waals surface area contributed by atoms with Gasteiger partial charge in [-0.05, 0) is 43.6 Å². The van der Waals surface area contributed by atoms with Gasteiger partial charge in [-0.1, -0.05) is 20.8 Å². The van der Waals surface area contributed by atoms with E-state index in [4.69, 9.17) is 4.74 Å². The molecule has 1 aromatic heterocycles. The van der Waals surface area contributed by atoms with Gasteiger partial charge in [0.1, 0.15) is 0 Å². The Morgan fingerprint density at radius 1 is 1.24 bits per heavy atom. The molecule has 4 rings (SSSR count). The summed E-state index contributed by atoms with van der Waals surface area (Å²) < 4.78 is 46.6. The van der Waals surface area contributed by atoms with Crippen LogP contribution in [0.15, 0.2) is 16.9 Å². The van der Waals surface area contributed by atoms with Crippen molar-refractivity contribution in [2.45, 2.75) is 77.8 Å². The van der Waals surface area contributed by atoms with Crippen LogP contribution in [0, 0.1) is 17.3 Å². The van der Waals surface area contributed by atoms with Gasteiger partial charge in [0.25, 0.3) is 5.56 Å². The van der Waals surface area contributed by atoms with Gasteiger partial charge in [0.2, 0.25) is 5.91 Å². The lowest BCUT2D eigenvalue weighted by Gasteiger charge is -2.40. The van der Waals surface area contributed by atoms with Crippen LogP contribution >= 0.6 is 0 Å². The van der Waals surface area contributed by atoms with Crippen LogP contribution in [0.25, 0.3) is 0 Å². The fourth-order valence-electron chi connectivity index (χ4n) is 5.80. The maximum Gasteiger partial charge on any atom is 0.416 e. The van der Waals surface area contributed by atoms with Gasteiger partial charge in [0.05, 0.1) is 24.1 Å². The lowest BCUT2D eigenvalue weighted by molar-refractivity contribution is -0.146. The summed E-state index contributed by atoms with van der Waals surface area (Å²) in [6.07, 6.45) is -1.26. The minimum atomic E-state index is -4.59. The van der Waals surface area contributed by atoms with Crippen LogP contribution < -0.4 is 10.9 Å². The summed E-state index contributed by atoms with van der Waals surface area (Å²) in [5, 5.41) is 3.76. The van der Waals surface area contributed by atoms with Crippen LogP contribution in [0.5, 0.6) is 0 Å². The first-order valence-corrected chi connectivity index (χ1v) is 12.0. The molecule has 184 valence electrons. The van der Waals surface area contributed by atoms with E-state index in [2.05, 4.69) is 26.1 Å². The molecule has 2 aliphatic heterocycles. The van der Waals surface area contributed by atoms with E-state index >= 15 is 0 Å². The Bertz CT molecular complexity index is 945. The van der Waals surface area contributed by atoms with Gasteiger partial charge in [-0.2, -0.15) is 13.2 Å². The molecule has 9 heteroatoms. The normalized spacial score (nSPS) is 30.5. The molecule has 1 aliphatic carbocycles. The maximum absolute atomic E-state index is 13.8. The first-order valence-electron chi connectivity index (χ1n) is 12.0. The van der Waals surface area contributed by atoms with E-state index in [0.29, 0.717) is 24.6 Å². The topological polar surface area (TPSA) is 63.6 Å². The first kappa shape index (κ1) is 24.3. The van der Waals surface area contributed by atoms with Gasteiger partial charge < -0.3 is 19.5 Å². The second-order valence-corrected chi connectivity index (χ2v) is 10.3. The monoisotopic (exact) mass is 469 g/mol. The summed E-state index contributed by atoms with van der Waals surface area (Å²) in [6, 6.07) is 2.25. The predicted octanol–water partition coefficient (Wildman–Crippen LogP) is 3.42. The summed E-state index contributed by atoms with van der Waals surface area (Å²) in [5.74, 6) is 0.524. The van der Waals surface area contributed by atoms with Crippen molar-refractivity contribution in [2.75, 3.05) is 19.8 Å². The number of hydrogen-bond donors (Lipinski definition) is 1. The van der Waals surface area contributed by atoms with Crippen LogP contribution in [-0.2, 0) is 28.8 Å². The Morgan fingerprint density at radius 2 is 2.00 bits per heavy atom. The lowest BCUT2D eigenvalue weighted by atomic mass is 9.74. The van der Waals surface area contributed by atoms with Crippen molar-refractivity contribution in [2.24, 2.45) is 17.3 Å². The number of alkyl halides is 3. The van der Waals surface area contributed by atoms with Crippen LogP contribution in [0.3, 0.4) is 0 Å². The number of pyridine rings is 1.